The van der Waals surface area contributed by atoms with Crippen LogP contribution in [0.15, 0.2) is 0 Å². The minimum Gasteiger partial charge on any atom is -0.368 e. The summed E-state index contributed by atoms with van der Waals surface area (Å²) in [5.41, 5.74) is 4.96. The van der Waals surface area contributed by atoms with Crippen molar-refractivity contribution in [3.8, 4) is 0 Å². The van der Waals surface area contributed by atoms with Crippen LogP contribution >= 0.6 is 11.8 Å². The molecule has 0 aliphatic heterocycles. The summed E-state index contributed by atoms with van der Waals surface area (Å²) in [5, 5.41) is 4.11. The third kappa shape index (κ3) is 6.17. The Morgan fingerprint density at radius 1 is 1.32 bits per heavy atom. The second kappa shape index (κ2) is 8.85. The van der Waals surface area contributed by atoms with E-state index in [0.29, 0.717) is 0 Å². The lowest BCUT2D eigenvalue weighted by atomic mass is 9.94. The molecule has 4 heteroatoms. The monoisotopic (exact) mass is 286 g/mol. The Balaban J connectivity index is 2.12. The molecule has 112 valence electrons. The highest BCUT2D eigenvalue weighted by Gasteiger charge is 2.28. The maximum absolute atomic E-state index is 11.5. The fourth-order valence-corrected chi connectivity index (χ4v) is 4.12. The van der Waals surface area contributed by atoms with Crippen LogP contribution in [0.3, 0.4) is 0 Å². The van der Waals surface area contributed by atoms with Crippen LogP contribution in [0.1, 0.15) is 65.2 Å². The van der Waals surface area contributed by atoms with Crippen LogP contribution < -0.4 is 11.1 Å². The summed E-state index contributed by atoms with van der Waals surface area (Å²) in [7, 11) is 0. The normalized spacial score (nSPS) is 20.1. The number of unbranched alkanes of at least 4 members (excludes halogenated alkanes) is 1. The summed E-state index contributed by atoms with van der Waals surface area (Å²) >= 11 is 2.13. The van der Waals surface area contributed by atoms with Gasteiger partial charge >= 0.3 is 0 Å². The van der Waals surface area contributed by atoms with Crippen molar-refractivity contribution < 1.29 is 4.79 Å². The van der Waals surface area contributed by atoms with Crippen LogP contribution in [0.5, 0.6) is 0 Å². The fraction of sp³-hybridized carbons (Fsp3) is 0.933. The summed E-state index contributed by atoms with van der Waals surface area (Å²) in [5.74, 6) is 1.00. The van der Waals surface area contributed by atoms with Crippen molar-refractivity contribution in [3.63, 3.8) is 0 Å². The van der Waals surface area contributed by atoms with Gasteiger partial charge in [-0.2, -0.15) is 11.8 Å². The number of likely N-dealkylation sites (N-methyl/N-ethyl adjacent to an activating group) is 1. The van der Waals surface area contributed by atoms with Crippen molar-refractivity contribution in [2.75, 3.05) is 12.3 Å². The molecule has 1 atom stereocenters. The number of carbonyl (C=O) groups is 1. The third-order valence-electron chi connectivity index (χ3n) is 4.09. The Labute approximate surface area is 122 Å². The van der Waals surface area contributed by atoms with Gasteiger partial charge in [0.05, 0.1) is 5.54 Å². The summed E-state index contributed by atoms with van der Waals surface area (Å²) in [6, 6.07) is 0. The van der Waals surface area contributed by atoms with Gasteiger partial charge in [-0.1, -0.05) is 32.6 Å². The van der Waals surface area contributed by atoms with Gasteiger partial charge in [-0.15, -0.1) is 0 Å². The Morgan fingerprint density at radius 2 is 2.00 bits per heavy atom. The lowest BCUT2D eigenvalue weighted by Gasteiger charge is -2.27. The van der Waals surface area contributed by atoms with Crippen LogP contribution in [0, 0.1) is 0 Å². The Morgan fingerprint density at radius 3 is 2.58 bits per heavy atom. The SMILES string of the molecule is CCNC(C)(CCCCSC1CCCCC1)C(N)=O. The van der Waals surface area contributed by atoms with Crippen LogP contribution in [-0.4, -0.2) is 29.0 Å². The molecule has 1 aliphatic rings. The number of hydrogen-bond donors (Lipinski definition) is 2. The Hall–Kier alpha value is -0.220. The zero-order valence-corrected chi connectivity index (χ0v) is 13.4. The quantitative estimate of drug-likeness (QED) is 0.640. The minimum absolute atomic E-state index is 0.228. The number of hydrogen-bond acceptors (Lipinski definition) is 3. The predicted octanol–water partition coefficient (Wildman–Crippen LogP) is 3.08. The molecule has 1 aliphatic carbocycles. The van der Waals surface area contributed by atoms with E-state index in [1.807, 2.05) is 13.8 Å². The van der Waals surface area contributed by atoms with Gasteiger partial charge in [0, 0.05) is 5.25 Å². The van der Waals surface area contributed by atoms with Gasteiger partial charge < -0.3 is 11.1 Å². The molecule has 0 aromatic rings. The molecule has 3 nitrogen and oxygen atoms in total. The second-order valence-electron chi connectivity index (χ2n) is 5.81. The summed E-state index contributed by atoms with van der Waals surface area (Å²) < 4.78 is 0. The number of carbonyl (C=O) groups excluding carboxylic acids is 1. The van der Waals surface area contributed by atoms with Crippen molar-refractivity contribution in [3.05, 3.63) is 0 Å². The Bertz CT molecular complexity index is 267. The van der Waals surface area contributed by atoms with Gasteiger partial charge in [0.25, 0.3) is 0 Å². The van der Waals surface area contributed by atoms with Gasteiger partial charge in [0.1, 0.15) is 0 Å². The van der Waals surface area contributed by atoms with Gasteiger partial charge in [0.15, 0.2) is 0 Å². The van der Waals surface area contributed by atoms with Gasteiger partial charge in [-0.3, -0.25) is 4.79 Å². The lowest BCUT2D eigenvalue weighted by Crippen LogP contribution is -2.52. The molecule has 1 unspecified atom stereocenters. The van der Waals surface area contributed by atoms with E-state index in [9.17, 15) is 4.79 Å². The highest BCUT2D eigenvalue weighted by Crippen LogP contribution is 2.29. The lowest BCUT2D eigenvalue weighted by molar-refractivity contribution is -0.124. The molecule has 1 rings (SSSR count). The molecule has 0 spiro atoms. The standard InChI is InChI=1S/C15H30N2OS/c1-3-17-15(2,14(16)18)11-7-8-12-19-13-9-5-4-6-10-13/h13,17H,3-12H2,1-2H3,(H2,16,18). The molecular weight excluding hydrogens is 256 g/mol. The number of nitrogens with one attached hydrogen (secondary N) is 1. The fourth-order valence-electron chi connectivity index (χ4n) is 2.75. The van der Waals surface area contributed by atoms with E-state index in [1.54, 1.807) is 0 Å². The van der Waals surface area contributed by atoms with Gasteiger partial charge in [-0.25, -0.2) is 0 Å². The average molecular weight is 286 g/mol. The number of nitrogens with two attached hydrogens (primary N) is 1. The number of amides is 1. The third-order valence-corrected chi connectivity index (χ3v) is 5.55. The zero-order valence-electron chi connectivity index (χ0n) is 12.5. The summed E-state index contributed by atoms with van der Waals surface area (Å²) in [6.07, 6.45) is 10.2. The van der Waals surface area contributed by atoms with Crippen molar-refractivity contribution in [2.24, 2.45) is 5.73 Å². The van der Waals surface area contributed by atoms with E-state index in [4.69, 9.17) is 5.73 Å². The molecule has 19 heavy (non-hydrogen) atoms. The molecule has 0 aromatic carbocycles. The first-order chi connectivity index (χ1) is 9.08. The molecule has 0 radical (unpaired) electrons. The van der Waals surface area contributed by atoms with Crippen molar-refractivity contribution in [2.45, 2.75) is 76.0 Å². The number of rotatable bonds is 9. The van der Waals surface area contributed by atoms with E-state index in [2.05, 4.69) is 17.1 Å². The highest BCUT2D eigenvalue weighted by atomic mass is 32.2. The van der Waals surface area contributed by atoms with Crippen LogP contribution in [0.2, 0.25) is 0 Å². The molecular formula is C15H30N2OS. The summed E-state index contributed by atoms with van der Waals surface area (Å²) in [6.45, 7) is 4.73. The largest absolute Gasteiger partial charge is 0.368 e. The van der Waals surface area contributed by atoms with Crippen LogP contribution in [0.25, 0.3) is 0 Å². The molecule has 3 N–H and O–H groups in total. The maximum atomic E-state index is 11.5. The second-order valence-corrected chi connectivity index (χ2v) is 7.22. The van der Waals surface area contributed by atoms with Crippen LogP contribution in [0.4, 0.5) is 0 Å². The zero-order chi connectivity index (χ0) is 14.1. The molecule has 1 fully saturated rings. The predicted molar refractivity (Wildman–Crippen MR) is 84.5 cm³/mol. The average Bonchev–Trinajstić information content (AvgIpc) is 2.39. The number of primary amides is 1. The highest BCUT2D eigenvalue weighted by molar-refractivity contribution is 7.99. The first-order valence-electron chi connectivity index (χ1n) is 7.75. The first kappa shape index (κ1) is 16.8. The van der Waals surface area contributed by atoms with E-state index in [-0.39, 0.29) is 5.91 Å². The summed E-state index contributed by atoms with van der Waals surface area (Å²) in [4.78, 5) is 11.5. The first-order valence-corrected chi connectivity index (χ1v) is 8.80. The molecule has 0 heterocycles. The maximum Gasteiger partial charge on any atom is 0.237 e. The van der Waals surface area contributed by atoms with E-state index >= 15 is 0 Å². The molecule has 0 bridgehead atoms. The van der Waals surface area contributed by atoms with Gasteiger partial charge in [-0.05, 0) is 44.9 Å². The molecule has 1 saturated carbocycles. The smallest absolute Gasteiger partial charge is 0.237 e. The van der Waals surface area contributed by atoms with Crippen molar-refractivity contribution >= 4 is 17.7 Å². The minimum atomic E-state index is -0.524. The van der Waals surface area contributed by atoms with E-state index < -0.39 is 5.54 Å². The van der Waals surface area contributed by atoms with Gasteiger partial charge in [0.2, 0.25) is 5.91 Å². The number of thioether (sulfide) groups is 1. The molecule has 1 amide bonds. The van der Waals surface area contributed by atoms with E-state index in [1.165, 1.54) is 44.3 Å². The Kier molecular flexibility index (Phi) is 7.84. The molecule has 0 saturated heterocycles. The van der Waals surface area contributed by atoms with Crippen molar-refractivity contribution in [1.82, 2.24) is 5.32 Å². The molecule has 0 aromatic heterocycles. The topological polar surface area (TPSA) is 55.1 Å². The van der Waals surface area contributed by atoms with E-state index in [0.717, 1.165) is 24.6 Å². The van der Waals surface area contributed by atoms with Crippen LogP contribution in [-0.2, 0) is 4.79 Å². The van der Waals surface area contributed by atoms with Crippen molar-refractivity contribution in [1.29, 1.82) is 0 Å².